The number of rotatable bonds is 3. The van der Waals surface area contributed by atoms with Gasteiger partial charge in [0.1, 0.15) is 6.07 Å². The first-order chi connectivity index (χ1) is 10.0. The summed E-state index contributed by atoms with van der Waals surface area (Å²) in [4.78, 5) is 10.4. The standard InChI is InChI=1S/C15H8BrClN2O2/c16-12-6-11(7-13(8-12)19(20)21)15(17)14(9-18)10-4-2-1-3-5-10/h1-8H/b15-14+. The third-order valence-electron chi connectivity index (χ3n) is 2.74. The molecular formula is C15H8BrClN2O2. The third-order valence-corrected chi connectivity index (χ3v) is 3.61. The van der Waals surface area contributed by atoms with E-state index in [1.54, 1.807) is 30.3 Å². The van der Waals surface area contributed by atoms with Gasteiger partial charge in [0.05, 0.1) is 15.5 Å². The molecule has 0 N–H and O–H groups in total. The number of non-ortho nitro benzene ring substituents is 1. The molecule has 0 aliphatic carbocycles. The molecular weight excluding hydrogens is 356 g/mol. The van der Waals surface area contributed by atoms with Crippen molar-refractivity contribution in [3.63, 3.8) is 0 Å². The average molecular weight is 364 g/mol. The van der Waals surface area contributed by atoms with Crippen LogP contribution in [0.4, 0.5) is 5.69 Å². The Morgan fingerprint density at radius 1 is 1.19 bits per heavy atom. The molecule has 2 aromatic rings. The average Bonchev–Trinajstić information content (AvgIpc) is 2.48. The minimum atomic E-state index is -0.507. The molecule has 6 heteroatoms. The summed E-state index contributed by atoms with van der Waals surface area (Å²) in [6.07, 6.45) is 0. The number of benzene rings is 2. The maximum Gasteiger partial charge on any atom is 0.271 e. The van der Waals surface area contributed by atoms with Crippen LogP contribution < -0.4 is 0 Å². The smallest absolute Gasteiger partial charge is 0.258 e. The molecule has 2 rings (SSSR count). The molecule has 0 aliphatic rings. The lowest BCUT2D eigenvalue weighted by Crippen LogP contribution is -1.91. The Morgan fingerprint density at radius 2 is 1.86 bits per heavy atom. The van der Waals surface area contributed by atoms with Crippen molar-refractivity contribution in [3.05, 3.63) is 74.2 Å². The minimum Gasteiger partial charge on any atom is -0.258 e. The number of nitro benzene ring substituents is 1. The summed E-state index contributed by atoms with van der Waals surface area (Å²) in [5, 5.41) is 20.4. The van der Waals surface area contributed by atoms with Gasteiger partial charge in [0, 0.05) is 22.2 Å². The van der Waals surface area contributed by atoms with Gasteiger partial charge in [0.15, 0.2) is 0 Å². The molecule has 0 saturated carbocycles. The summed E-state index contributed by atoms with van der Waals surface area (Å²) in [6.45, 7) is 0. The molecule has 0 bridgehead atoms. The molecule has 21 heavy (non-hydrogen) atoms. The number of hydrogen-bond donors (Lipinski definition) is 0. The van der Waals surface area contributed by atoms with E-state index in [9.17, 15) is 15.4 Å². The number of allylic oxidation sites excluding steroid dienone is 1. The Hall–Kier alpha value is -2.16. The number of nitro groups is 1. The van der Waals surface area contributed by atoms with Gasteiger partial charge < -0.3 is 0 Å². The van der Waals surface area contributed by atoms with E-state index < -0.39 is 4.92 Å². The fourth-order valence-electron chi connectivity index (χ4n) is 1.80. The summed E-state index contributed by atoms with van der Waals surface area (Å²) < 4.78 is 0.523. The van der Waals surface area contributed by atoms with E-state index in [4.69, 9.17) is 11.6 Å². The maximum atomic E-state index is 10.9. The quantitative estimate of drug-likeness (QED) is 0.334. The first-order valence-electron chi connectivity index (χ1n) is 5.83. The van der Waals surface area contributed by atoms with Gasteiger partial charge in [0.2, 0.25) is 0 Å². The monoisotopic (exact) mass is 362 g/mol. The highest BCUT2D eigenvalue weighted by Crippen LogP contribution is 2.33. The van der Waals surface area contributed by atoms with Gasteiger partial charge >= 0.3 is 0 Å². The lowest BCUT2D eigenvalue weighted by atomic mass is 10.0. The van der Waals surface area contributed by atoms with Crippen LogP contribution in [-0.4, -0.2) is 4.92 Å². The maximum absolute atomic E-state index is 10.9. The van der Waals surface area contributed by atoms with Crippen molar-refractivity contribution in [2.45, 2.75) is 0 Å². The molecule has 0 heterocycles. The van der Waals surface area contributed by atoms with Gasteiger partial charge in [-0.1, -0.05) is 57.9 Å². The van der Waals surface area contributed by atoms with E-state index in [0.29, 0.717) is 15.6 Å². The Kier molecular flexibility index (Phi) is 4.73. The molecule has 0 aromatic heterocycles. The van der Waals surface area contributed by atoms with E-state index in [1.165, 1.54) is 12.1 Å². The molecule has 0 radical (unpaired) electrons. The summed E-state index contributed by atoms with van der Waals surface area (Å²) in [5.74, 6) is 0. The van der Waals surface area contributed by atoms with E-state index in [1.807, 2.05) is 12.1 Å². The van der Waals surface area contributed by atoms with Crippen LogP contribution in [0.1, 0.15) is 11.1 Å². The zero-order chi connectivity index (χ0) is 15.4. The Bertz CT molecular complexity index is 767. The van der Waals surface area contributed by atoms with Gasteiger partial charge in [-0.3, -0.25) is 10.1 Å². The molecule has 104 valence electrons. The summed E-state index contributed by atoms with van der Waals surface area (Å²) in [7, 11) is 0. The van der Waals surface area contributed by atoms with Crippen molar-refractivity contribution in [2.24, 2.45) is 0 Å². The minimum absolute atomic E-state index is 0.0946. The second kappa shape index (κ2) is 6.53. The zero-order valence-electron chi connectivity index (χ0n) is 10.6. The summed E-state index contributed by atoms with van der Waals surface area (Å²) in [5.41, 5.74) is 1.25. The Morgan fingerprint density at radius 3 is 2.43 bits per heavy atom. The number of halogens is 2. The highest BCUT2D eigenvalue weighted by Gasteiger charge is 2.14. The predicted octanol–water partition coefficient (Wildman–Crippen LogP) is 4.99. The van der Waals surface area contributed by atoms with Gasteiger partial charge in [-0.25, -0.2) is 0 Å². The molecule has 4 nitrogen and oxygen atoms in total. The van der Waals surface area contributed by atoms with Crippen LogP contribution in [0.3, 0.4) is 0 Å². The summed E-state index contributed by atoms with van der Waals surface area (Å²) in [6, 6.07) is 15.3. The van der Waals surface area contributed by atoms with E-state index >= 15 is 0 Å². The Labute approximate surface area is 134 Å². The largest absolute Gasteiger partial charge is 0.271 e. The molecule has 0 fully saturated rings. The SMILES string of the molecule is N#C/C(=C(\Cl)c1cc(Br)cc([N+](=O)[O-])c1)c1ccccc1. The lowest BCUT2D eigenvalue weighted by molar-refractivity contribution is -0.384. The third kappa shape index (κ3) is 3.48. The number of nitrogens with zero attached hydrogens (tertiary/aromatic N) is 2. The van der Waals surface area contributed by atoms with E-state index in [2.05, 4.69) is 15.9 Å². The van der Waals surface area contributed by atoms with Crippen molar-refractivity contribution in [3.8, 4) is 6.07 Å². The second-order valence-corrected chi connectivity index (χ2v) is 5.42. The molecule has 0 aliphatic heterocycles. The van der Waals surface area contributed by atoms with E-state index in [0.717, 1.165) is 0 Å². The fraction of sp³-hybridized carbons (Fsp3) is 0. The highest BCUT2D eigenvalue weighted by molar-refractivity contribution is 9.10. The predicted molar refractivity (Wildman–Crippen MR) is 85.5 cm³/mol. The van der Waals surface area contributed by atoms with Crippen molar-refractivity contribution in [1.29, 1.82) is 5.26 Å². The number of hydrogen-bond acceptors (Lipinski definition) is 3. The molecule has 0 amide bonds. The topological polar surface area (TPSA) is 66.9 Å². The zero-order valence-corrected chi connectivity index (χ0v) is 12.9. The molecule has 0 spiro atoms. The highest BCUT2D eigenvalue weighted by atomic mass is 79.9. The molecule has 2 aromatic carbocycles. The van der Waals surface area contributed by atoms with Gasteiger partial charge in [-0.15, -0.1) is 0 Å². The normalized spacial score (nSPS) is 11.5. The van der Waals surface area contributed by atoms with Crippen LogP contribution in [0, 0.1) is 21.4 Å². The van der Waals surface area contributed by atoms with E-state index in [-0.39, 0.29) is 16.3 Å². The van der Waals surface area contributed by atoms with Crippen LogP contribution >= 0.6 is 27.5 Å². The van der Waals surface area contributed by atoms with Crippen molar-refractivity contribution >= 4 is 43.8 Å². The summed E-state index contributed by atoms with van der Waals surface area (Å²) >= 11 is 9.48. The van der Waals surface area contributed by atoms with Crippen molar-refractivity contribution in [2.75, 3.05) is 0 Å². The first-order valence-corrected chi connectivity index (χ1v) is 7.00. The second-order valence-electron chi connectivity index (χ2n) is 4.12. The van der Waals surface area contributed by atoms with Crippen LogP contribution in [0.5, 0.6) is 0 Å². The van der Waals surface area contributed by atoms with Crippen LogP contribution in [-0.2, 0) is 0 Å². The van der Waals surface area contributed by atoms with Crippen LogP contribution in [0.25, 0.3) is 10.6 Å². The lowest BCUT2D eigenvalue weighted by Gasteiger charge is -2.05. The van der Waals surface area contributed by atoms with Gasteiger partial charge in [-0.05, 0) is 11.6 Å². The van der Waals surface area contributed by atoms with Gasteiger partial charge in [-0.2, -0.15) is 5.26 Å². The number of nitriles is 1. The van der Waals surface area contributed by atoms with Crippen molar-refractivity contribution in [1.82, 2.24) is 0 Å². The molecule has 0 atom stereocenters. The Balaban J connectivity index is 2.61. The fourth-order valence-corrected chi connectivity index (χ4v) is 2.54. The first kappa shape index (κ1) is 15.2. The van der Waals surface area contributed by atoms with Gasteiger partial charge in [0.25, 0.3) is 5.69 Å². The molecule has 0 saturated heterocycles. The van der Waals surface area contributed by atoms with Crippen molar-refractivity contribution < 1.29 is 4.92 Å². The van der Waals surface area contributed by atoms with Crippen LogP contribution in [0.15, 0.2) is 53.0 Å². The molecule has 0 unspecified atom stereocenters. The van der Waals surface area contributed by atoms with Crippen LogP contribution in [0.2, 0.25) is 0 Å².